The number of nitrogens with two attached hydrogens (primary N) is 1. The monoisotopic (exact) mass is 242 g/mol. The van der Waals surface area contributed by atoms with Crippen LogP contribution in [0.3, 0.4) is 0 Å². The first kappa shape index (κ1) is 10.6. The number of rotatable bonds is 2. The lowest BCUT2D eigenvalue weighted by molar-refractivity contribution is 0.334. The molecule has 1 aromatic heterocycles. The smallest absolute Gasteiger partial charge is 0.368 e. The average Bonchev–Trinajstić information content (AvgIpc) is 2.67. The Hall–Kier alpha value is -1.89. The predicted molar refractivity (Wildman–Crippen MR) is 54.6 cm³/mol. The fraction of sp³-hybridized carbons (Fsp3) is 0. The molecular formula is C9H7FN2O3S. The number of nitrogen functional groups attached to an aromatic ring is 1. The van der Waals surface area contributed by atoms with Crippen molar-refractivity contribution in [1.29, 1.82) is 0 Å². The summed E-state index contributed by atoms with van der Waals surface area (Å²) in [6.07, 6.45) is 0. The molecule has 2 rings (SSSR count). The summed E-state index contributed by atoms with van der Waals surface area (Å²) in [5, 5.41) is 2.64. The molecule has 0 aliphatic rings. The van der Waals surface area contributed by atoms with E-state index in [1.807, 2.05) is 0 Å². The van der Waals surface area contributed by atoms with Crippen LogP contribution >= 0.6 is 0 Å². The standard InChI is InChI=1S/C9H7FN2O3S/c10-16(13,14)9-5-8(12-15-9)6-1-3-7(11)4-2-6/h1-5H,11H2. The third-order valence-corrected chi connectivity index (χ3v) is 2.61. The number of benzene rings is 1. The molecule has 5 nitrogen and oxygen atoms in total. The summed E-state index contributed by atoms with van der Waals surface area (Å²) in [4.78, 5) is 0. The average molecular weight is 242 g/mol. The lowest BCUT2D eigenvalue weighted by Gasteiger charge is -1.95. The van der Waals surface area contributed by atoms with Gasteiger partial charge in [0.25, 0.3) is 5.09 Å². The lowest BCUT2D eigenvalue weighted by Crippen LogP contribution is -1.87. The van der Waals surface area contributed by atoms with E-state index in [4.69, 9.17) is 5.73 Å². The normalized spacial score (nSPS) is 11.6. The van der Waals surface area contributed by atoms with Crippen molar-refractivity contribution in [3.63, 3.8) is 0 Å². The Morgan fingerprint density at radius 2 is 1.88 bits per heavy atom. The summed E-state index contributed by atoms with van der Waals surface area (Å²) in [5.41, 5.74) is 6.86. The molecule has 0 bridgehead atoms. The molecule has 16 heavy (non-hydrogen) atoms. The Kier molecular flexibility index (Phi) is 2.39. The molecule has 0 aliphatic carbocycles. The molecule has 0 saturated carbocycles. The molecular weight excluding hydrogens is 235 g/mol. The number of aromatic nitrogens is 1. The molecule has 7 heteroatoms. The van der Waals surface area contributed by atoms with E-state index in [9.17, 15) is 12.3 Å². The molecule has 0 fully saturated rings. The van der Waals surface area contributed by atoms with Gasteiger partial charge in [0.1, 0.15) is 5.69 Å². The van der Waals surface area contributed by atoms with E-state index in [2.05, 4.69) is 9.68 Å². The van der Waals surface area contributed by atoms with Gasteiger partial charge >= 0.3 is 10.2 Å². The first-order chi connectivity index (χ1) is 7.47. The van der Waals surface area contributed by atoms with E-state index < -0.39 is 15.3 Å². The van der Waals surface area contributed by atoms with Crippen LogP contribution in [0, 0.1) is 0 Å². The van der Waals surface area contributed by atoms with Crippen LogP contribution in [0.4, 0.5) is 9.57 Å². The Morgan fingerprint density at radius 1 is 1.25 bits per heavy atom. The fourth-order valence-electron chi connectivity index (χ4n) is 1.16. The van der Waals surface area contributed by atoms with Gasteiger partial charge in [-0.2, -0.15) is 8.42 Å². The van der Waals surface area contributed by atoms with Crippen molar-refractivity contribution in [3.05, 3.63) is 30.3 Å². The fourth-order valence-corrected chi connectivity index (χ4v) is 1.54. The van der Waals surface area contributed by atoms with Crippen molar-refractivity contribution in [3.8, 4) is 11.3 Å². The summed E-state index contributed by atoms with van der Waals surface area (Å²) in [6.45, 7) is 0. The molecule has 2 N–H and O–H groups in total. The molecule has 0 unspecified atom stereocenters. The van der Waals surface area contributed by atoms with Gasteiger partial charge in [0.05, 0.1) is 0 Å². The number of hydrogen-bond donors (Lipinski definition) is 1. The summed E-state index contributed by atoms with van der Waals surface area (Å²) >= 11 is 0. The van der Waals surface area contributed by atoms with Gasteiger partial charge in [-0.1, -0.05) is 21.2 Å². The van der Waals surface area contributed by atoms with Crippen LogP contribution in [0.1, 0.15) is 0 Å². The van der Waals surface area contributed by atoms with Gasteiger partial charge in [-0.3, -0.25) is 0 Å². The number of anilines is 1. The topological polar surface area (TPSA) is 86.2 Å². The maximum atomic E-state index is 12.5. The molecule has 1 heterocycles. The first-order valence-corrected chi connectivity index (χ1v) is 5.62. The van der Waals surface area contributed by atoms with Gasteiger partial charge in [-0.25, -0.2) is 0 Å². The molecule has 84 valence electrons. The summed E-state index contributed by atoms with van der Waals surface area (Å²) in [7, 11) is -4.85. The van der Waals surface area contributed by atoms with Crippen molar-refractivity contribution in [2.75, 3.05) is 5.73 Å². The Labute approximate surface area is 90.9 Å². The molecule has 0 spiro atoms. The summed E-state index contributed by atoms with van der Waals surface area (Å²) in [5.74, 6) is 0. The van der Waals surface area contributed by atoms with Crippen molar-refractivity contribution in [2.45, 2.75) is 5.09 Å². The van der Waals surface area contributed by atoms with Crippen molar-refractivity contribution < 1.29 is 16.8 Å². The SMILES string of the molecule is Nc1ccc(-c2cc(S(=O)(=O)F)on2)cc1. The number of hydrogen-bond acceptors (Lipinski definition) is 5. The zero-order chi connectivity index (χ0) is 11.8. The zero-order valence-electron chi connectivity index (χ0n) is 7.92. The first-order valence-electron chi connectivity index (χ1n) is 4.24. The predicted octanol–water partition coefficient (Wildman–Crippen LogP) is 1.58. The van der Waals surface area contributed by atoms with E-state index in [1.54, 1.807) is 24.3 Å². The van der Waals surface area contributed by atoms with Crippen LogP contribution in [0.2, 0.25) is 0 Å². The maximum absolute atomic E-state index is 12.5. The number of halogens is 1. The quantitative estimate of drug-likeness (QED) is 0.638. The van der Waals surface area contributed by atoms with Crippen LogP contribution in [-0.4, -0.2) is 13.6 Å². The van der Waals surface area contributed by atoms with Gasteiger partial charge in [0.15, 0.2) is 0 Å². The highest BCUT2D eigenvalue weighted by Crippen LogP contribution is 2.23. The minimum absolute atomic E-state index is 0.233. The number of nitrogens with zero attached hydrogens (tertiary/aromatic N) is 1. The van der Waals surface area contributed by atoms with Gasteiger partial charge in [-0.05, 0) is 12.1 Å². The summed E-state index contributed by atoms with van der Waals surface area (Å²) in [6, 6.07) is 7.51. The molecule has 0 atom stereocenters. The van der Waals surface area contributed by atoms with Crippen LogP contribution in [-0.2, 0) is 10.2 Å². The second-order valence-corrected chi connectivity index (χ2v) is 4.37. The van der Waals surface area contributed by atoms with Crippen LogP contribution in [0.15, 0.2) is 39.9 Å². The third kappa shape index (κ3) is 2.03. The largest absolute Gasteiger partial charge is 0.399 e. The van der Waals surface area contributed by atoms with E-state index in [-0.39, 0.29) is 5.69 Å². The van der Waals surface area contributed by atoms with Gasteiger partial charge < -0.3 is 10.3 Å². The second kappa shape index (κ2) is 3.60. The molecule has 0 aliphatic heterocycles. The molecule has 2 aromatic rings. The minimum atomic E-state index is -4.85. The van der Waals surface area contributed by atoms with Crippen LogP contribution < -0.4 is 5.73 Å². The van der Waals surface area contributed by atoms with E-state index >= 15 is 0 Å². The molecule has 1 aromatic carbocycles. The van der Waals surface area contributed by atoms with E-state index in [0.29, 0.717) is 11.3 Å². The highest BCUT2D eigenvalue weighted by molar-refractivity contribution is 7.86. The Morgan fingerprint density at radius 3 is 2.38 bits per heavy atom. The van der Waals surface area contributed by atoms with E-state index in [0.717, 1.165) is 6.07 Å². The van der Waals surface area contributed by atoms with Crippen LogP contribution in [0.5, 0.6) is 0 Å². The minimum Gasteiger partial charge on any atom is -0.399 e. The second-order valence-electron chi connectivity index (χ2n) is 3.09. The highest BCUT2D eigenvalue weighted by Gasteiger charge is 2.19. The van der Waals surface area contributed by atoms with E-state index in [1.165, 1.54) is 0 Å². The molecule has 0 radical (unpaired) electrons. The van der Waals surface area contributed by atoms with Gasteiger partial charge in [0, 0.05) is 17.3 Å². The van der Waals surface area contributed by atoms with Crippen molar-refractivity contribution in [1.82, 2.24) is 5.16 Å². The van der Waals surface area contributed by atoms with Gasteiger partial charge in [-0.15, -0.1) is 0 Å². The van der Waals surface area contributed by atoms with Gasteiger partial charge in [0.2, 0.25) is 0 Å². The Bertz CT molecular complexity index is 604. The van der Waals surface area contributed by atoms with Crippen molar-refractivity contribution >= 4 is 15.9 Å². The summed E-state index contributed by atoms with van der Waals surface area (Å²) < 4.78 is 37.9. The highest BCUT2D eigenvalue weighted by atomic mass is 32.3. The maximum Gasteiger partial charge on any atom is 0.368 e. The third-order valence-electron chi connectivity index (χ3n) is 1.94. The lowest BCUT2D eigenvalue weighted by atomic mass is 10.1. The molecule has 0 saturated heterocycles. The Balaban J connectivity index is 2.43. The van der Waals surface area contributed by atoms with Crippen LogP contribution in [0.25, 0.3) is 11.3 Å². The molecule has 0 amide bonds. The zero-order valence-corrected chi connectivity index (χ0v) is 8.74. The van der Waals surface area contributed by atoms with Crippen molar-refractivity contribution in [2.24, 2.45) is 0 Å².